The monoisotopic (exact) mass is 185 g/mol. The molecule has 0 aromatic carbocycles. The van der Waals surface area contributed by atoms with Gasteiger partial charge in [-0.2, -0.15) is 0 Å². The molecule has 2 N–H and O–H groups in total. The van der Waals surface area contributed by atoms with E-state index in [4.69, 9.17) is 17.3 Å². The first-order valence-electron chi connectivity index (χ1n) is 3.27. The van der Waals surface area contributed by atoms with Crippen molar-refractivity contribution in [3.63, 3.8) is 0 Å². The highest BCUT2D eigenvalue weighted by molar-refractivity contribution is 6.32. The van der Waals surface area contributed by atoms with E-state index >= 15 is 0 Å². The van der Waals surface area contributed by atoms with E-state index in [0.29, 0.717) is 5.52 Å². The van der Waals surface area contributed by atoms with Gasteiger partial charge in [0, 0.05) is 6.20 Å². The maximum absolute atomic E-state index is 12.7. The molecule has 2 aromatic heterocycles. The summed E-state index contributed by atoms with van der Waals surface area (Å²) < 4.78 is 14.1. The number of anilines is 1. The Morgan fingerprint density at radius 1 is 1.50 bits per heavy atom. The highest BCUT2D eigenvalue weighted by Gasteiger charge is 2.05. The summed E-state index contributed by atoms with van der Waals surface area (Å²) in [6.07, 6.45) is 1.24. The summed E-state index contributed by atoms with van der Waals surface area (Å²) in [4.78, 5) is 3.77. The van der Waals surface area contributed by atoms with Crippen molar-refractivity contribution >= 4 is 23.1 Å². The molecule has 0 fully saturated rings. The molecule has 0 saturated carbocycles. The normalized spacial score (nSPS) is 10.8. The molecule has 3 nitrogen and oxygen atoms in total. The summed E-state index contributed by atoms with van der Waals surface area (Å²) in [5.41, 5.74) is 6.05. The number of nitrogens with zero attached hydrogens (tertiary/aromatic N) is 2. The standard InChI is InChI=1S/C7H5ClFN3/c8-6-5-2-1-4(9)3-12(5)7(10)11-6/h1-3H,(H2,10,11). The molecule has 0 atom stereocenters. The molecular formula is C7H5ClFN3. The van der Waals surface area contributed by atoms with Crippen LogP contribution in [-0.4, -0.2) is 9.38 Å². The molecule has 0 spiro atoms. The van der Waals surface area contributed by atoms with Gasteiger partial charge in [0.2, 0.25) is 5.95 Å². The van der Waals surface area contributed by atoms with Gasteiger partial charge >= 0.3 is 0 Å². The van der Waals surface area contributed by atoms with Crippen LogP contribution < -0.4 is 5.73 Å². The smallest absolute Gasteiger partial charge is 0.206 e. The molecule has 62 valence electrons. The summed E-state index contributed by atoms with van der Waals surface area (Å²) in [7, 11) is 0. The molecule has 0 bridgehead atoms. The number of imidazole rings is 1. The lowest BCUT2D eigenvalue weighted by Crippen LogP contribution is -1.94. The Kier molecular flexibility index (Phi) is 1.44. The van der Waals surface area contributed by atoms with Crippen molar-refractivity contribution in [2.45, 2.75) is 0 Å². The van der Waals surface area contributed by atoms with Gasteiger partial charge in [0.05, 0.1) is 5.52 Å². The third-order valence-electron chi connectivity index (χ3n) is 1.58. The number of nitrogens with two attached hydrogens (primary N) is 1. The van der Waals surface area contributed by atoms with E-state index in [9.17, 15) is 4.39 Å². The van der Waals surface area contributed by atoms with Gasteiger partial charge in [-0.25, -0.2) is 9.37 Å². The fourth-order valence-corrected chi connectivity index (χ4v) is 1.28. The third-order valence-corrected chi connectivity index (χ3v) is 1.86. The average molecular weight is 186 g/mol. The zero-order valence-electron chi connectivity index (χ0n) is 5.96. The Morgan fingerprint density at radius 2 is 2.25 bits per heavy atom. The molecule has 0 saturated heterocycles. The van der Waals surface area contributed by atoms with Gasteiger partial charge in [-0.3, -0.25) is 4.40 Å². The summed E-state index contributed by atoms with van der Waals surface area (Å²) in [5.74, 6) is -0.183. The number of hydrogen-bond donors (Lipinski definition) is 1. The first-order chi connectivity index (χ1) is 5.68. The predicted molar refractivity (Wildman–Crippen MR) is 44.6 cm³/mol. The maximum atomic E-state index is 12.7. The fourth-order valence-electron chi connectivity index (χ4n) is 1.04. The Morgan fingerprint density at radius 3 is 3.00 bits per heavy atom. The van der Waals surface area contributed by atoms with Crippen LogP contribution in [0, 0.1) is 5.82 Å². The quantitative estimate of drug-likeness (QED) is 0.679. The van der Waals surface area contributed by atoms with Crippen molar-refractivity contribution in [1.29, 1.82) is 0 Å². The van der Waals surface area contributed by atoms with Gasteiger partial charge < -0.3 is 5.73 Å². The van der Waals surface area contributed by atoms with Crippen LogP contribution in [0.3, 0.4) is 0 Å². The van der Waals surface area contributed by atoms with Gasteiger partial charge in [0.1, 0.15) is 5.82 Å². The van der Waals surface area contributed by atoms with E-state index in [-0.39, 0.29) is 16.9 Å². The SMILES string of the molecule is Nc1nc(Cl)c2ccc(F)cn12. The lowest BCUT2D eigenvalue weighted by atomic mass is 10.4. The van der Waals surface area contributed by atoms with Crippen LogP contribution in [0.1, 0.15) is 0 Å². The Balaban J connectivity index is 2.90. The second kappa shape index (κ2) is 2.35. The maximum Gasteiger partial charge on any atom is 0.206 e. The van der Waals surface area contributed by atoms with Crippen molar-refractivity contribution in [3.05, 3.63) is 29.3 Å². The largest absolute Gasteiger partial charge is 0.369 e. The first kappa shape index (κ1) is 7.36. The predicted octanol–water partition coefficient (Wildman–Crippen LogP) is 1.71. The van der Waals surface area contributed by atoms with Crippen molar-refractivity contribution in [2.24, 2.45) is 0 Å². The van der Waals surface area contributed by atoms with Crippen molar-refractivity contribution in [3.8, 4) is 0 Å². The van der Waals surface area contributed by atoms with E-state index in [0.717, 1.165) is 0 Å². The van der Waals surface area contributed by atoms with Crippen LogP contribution in [0.15, 0.2) is 18.3 Å². The van der Waals surface area contributed by atoms with Crippen LogP contribution in [0.25, 0.3) is 5.52 Å². The molecule has 2 rings (SSSR count). The molecule has 5 heteroatoms. The zero-order chi connectivity index (χ0) is 8.72. The third kappa shape index (κ3) is 0.921. The molecule has 0 aliphatic rings. The molecule has 12 heavy (non-hydrogen) atoms. The van der Waals surface area contributed by atoms with Crippen molar-refractivity contribution in [2.75, 3.05) is 5.73 Å². The van der Waals surface area contributed by atoms with Crippen LogP contribution in [-0.2, 0) is 0 Å². The molecule has 0 unspecified atom stereocenters. The van der Waals surface area contributed by atoms with Gasteiger partial charge in [-0.05, 0) is 12.1 Å². The number of fused-ring (bicyclic) bond motifs is 1. The van der Waals surface area contributed by atoms with Crippen LogP contribution >= 0.6 is 11.6 Å². The summed E-state index contributed by atoms with van der Waals surface area (Å²) >= 11 is 5.70. The van der Waals surface area contributed by atoms with E-state index in [2.05, 4.69) is 4.98 Å². The molecule has 0 aliphatic carbocycles. The second-order valence-corrected chi connectivity index (χ2v) is 2.72. The highest BCUT2D eigenvalue weighted by Crippen LogP contribution is 2.19. The minimum Gasteiger partial charge on any atom is -0.369 e. The first-order valence-corrected chi connectivity index (χ1v) is 3.65. The van der Waals surface area contributed by atoms with E-state index in [1.807, 2.05) is 0 Å². The van der Waals surface area contributed by atoms with Gasteiger partial charge in [-0.1, -0.05) is 11.6 Å². The molecular weight excluding hydrogens is 181 g/mol. The van der Waals surface area contributed by atoms with Crippen LogP contribution in [0.5, 0.6) is 0 Å². The van der Waals surface area contributed by atoms with E-state index < -0.39 is 0 Å². The number of aromatic nitrogens is 2. The highest BCUT2D eigenvalue weighted by atomic mass is 35.5. The minimum absolute atomic E-state index is 0.189. The van der Waals surface area contributed by atoms with Crippen LogP contribution in [0.2, 0.25) is 5.15 Å². The van der Waals surface area contributed by atoms with E-state index in [1.54, 1.807) is 0 Å². The van der Waals surface area contributed by atoms with E-state index in [1.165, 1.54) is 22.7 Å². The van der Waals surface area contributed by atoms with Gasteiger partial charge in [-0.15, -0.1) is 0 Å². The van der Waals surface area contributed by atoms with Gasteiger partial charge in [0.25, 0.3) is 0 Å². The minimum atomic E-state index is -0.372. The lowest BCUT2D eigenvalue weighted by molar-refractivity contribution is 0.620. The molecule has 0 amide bonds. The Labute approximate surface area is 72.6 Å². The summed E-state index contributed by atoms with van der Waals surface area (Å²) in [5, 5.41) is 0.285. The fraction of sp³-hybridized carbons (Fsp3) is 0. The Bertz CT molecular complexity index is 437. The molecule has 2 aromatic rings. The number of rotatable bonds is 0. The number of nitrogen functional groups attached to an aromatic ring is 1. The van der Waals surface area contributed by atoms with Gasteiger partial charge in [0.15, 0.2) is 5.15 Å². The lowest BCUT2D eigenvalue weighted by Gasteiger charge is -1.94. The zero-order valence-corrected chi connectivity index (χ0v) is 6.72. The number of hydrogen-bond acceptors (Lipinski definition) is 2. The van der Waals surface area contributed by atoms with Crippen molar-refractivity contribution < 1.29 is 4.39 Å². The second-order valence-electron chi connectivity index (χ2n) is 2.36. The molecule has 2 heterocycles. The number of halogens is 2. The Hall–Kier alpha value is -1.29. The number of pyridine rings is 1. The van der Waals surface area contributed by atoms with Crippen LogP contribution in [0.4, 0.5) is 10.3 Å². The average Bonchev–Trinajstić information content (AvgIpc) is 2.28. The summed E-state index contributed by atoms with van der Waals surface area (Å²) in [6.45, 7) is 0. The molecule has 0 radical (unpaired) electrons. The topological polar surface area (TPSA) is 43.3 Å². The molecule has 0 aliphatic heterocycles. The summed E-state index contributed by atoms with van der Waals surface area (Å²) in [6, 6.07) is 2.84. The van der Waals surface area contributed by atoms with Crippen molar-refractivity contribution in [1.82, 2.24) is 9.38 Å².